The van der Waals surface area contributed by atoms with Crippen LogP contribution in [0.3, 0.4) is 0 Å². The van der Waals surface area contributed by atoms with Crippen LogP contribution in [0.2, 0.25) is 0 Å². The molecule has 5 rings (SSSR count). The molecule has 0 unspecified atom stereocenters. The molecule has 6 heteroatoms. The van der Waals surface area contributed by atoms with Crippen molar-refractivity contribution in [3.8, 4) is 45.0 Å². The van der Waals surface area contributed by atoms with E-state index in [1.165, 1.54) is 0 Å². The van der Waals surface area contributed by atoms with Crippen LogP contribution in [0.4, 0.5) is 0 Å². The van der Waals surface area contributed by atoms with Gasteiger partial charge in [0.2, 0.25) is 0 Å². The summed E-state index contributed by atoms with van der Waals surface area (Å²) in [6, 6.07) is 30.4. The van der Waals surface area contributed by atoms with Gasteiger partial charge in [0, 0.05) is 22.3 Å². The third-order valence-corrected chi connectivity index (χ3v) is 6.55. The van der Waals surface area contributed by atoms with Gasteiger partial charge in [-0.3, -0.25) is 0 Å². The van der Waals surface area contributed by atoms with Crippen molar-refractivity contribution in [2.75, 3.05) is 0 Å². The summed E-state index contributed by atoms with van der Waals surface area (Å²) in [5, 5.41) is 38.2. The van der Waals surface area contributed by atoms with E-state index in [1.54, 1.807) is 0 Å². The molecule has 38 heavy (non-hydrogen) atoms. The lowest BCUT2D eigenvalue weighted by Crippen LogP contribution is -2.01. The van der Waals surface area contributed by atoms with Crippen molar-refractivity contribution in [2.24, 2.45) is 0 Å². The fraction of sp³-hybridized carbons (Fsp3) is 0.125. The van der Waals surface area contributed by atoms with Gasteiger partial charge in [-0.2, -0.15) is 0 Å². The number of hydrogen-bond acceptors (Lipinski definition) is 6. The Hall–Kier alpha value is -4.20. The first kappa shape index (κ1) is 25.4. The van der Waals surface area contributed by atoms with Crippen molar-refractivity contribution in [3.63, 3.8) is 0 Å². The summed E-state index contributed by atoms with van der Waals surface area (Å²) in [6.07, 6.45) is 0. The average Bonchev–Trinajstić information content (AvgIpc) is 3.00. The lowest BCUT2D eigenvalue weighted by Gasteiger charge is -2.17. The first-order valence-electron chi connectivity index (χ1n) is 12.4. The molecule has 0 aliphatic rings. The van der Waals surface area contributed by atoms with E-state index in [2.05, 4.69) is 0 Å². The summed E-state index contributed by atoms with van der Waals surface area (Å²) in [6.45, 7) is -0.200. The summed E-state index contributed by atoms with van der Waals surface area (Å²) in [4.78, 5) is 10.1. The minimum Gasteiger partial charge on any atom is -0.392 e. The van der Waals surface area contributed by atoms with Crippen molar-refractivity contribution in [2.45, 2.75) is 26.4 Å². The van der Waals surface area contributed by atoms with Crippen molar-refractivity contribution in [3.05, 3.63) is 119 Å². The fourth-order valence-corrected chi connectivity index (χ4v) is 4.35. The Morgan fingerprint density at radius 3 is 0.974 bits per heavy atom. The molecule has 190 valence electrons. The van der Waals surface area contributed by atoms with Gasteiger partial charge >= 0.3 is 0 Å². The highest BCUT2D eigenvalue weighted by atomic mass is 16.3. The Morgan fingerprint density at radius 1 is 0.368 bits per heavy atom. The first-order valence-corrected chi connectivity index (χ1v) is 12.4. The molecule has 5 aromatic rings. The Morgan fingerprint density at radius 2 is 0.658 bits per heavy atom. The summed E-state index contributed by atoms with van der Waals surface area (Å²) in [5.41, 5.74) is 8.93. The zero-order valence-electron chi connectivity index (χ0n) is 20.7. The molecule has 0 amide bonds. The van der Waals surface area contributed by atoms with Gasteiger partial charge < -0.3 is 20.4 Å². The second-order valence-corrected chi connectivity index (χ2v) is 9.04. The molecule has 1 aromatic heterocycles. The van der Waals surface area contributed by atoms with Crippen LogP contribution in [0.5, 0.6) is 0 Å². The second kappa shape index (κ2) is 11.5. The van der Waals surface area contributed by atoms with Gasteiger partial charge in [-0.05, 0) is 27.8 Å². The molecule has 0 atom stereocenters. The zero-order valence-corrected chi connectivity index (χ0v) is 20.7. The van der Waals surface area contributed by atoms with Gasteiger partial charge in [0.1, 0.15) is 0 Å². The number of rotatable bonds is 8. The molecule has 0 spiro atoms. The predicted molar refractivity (Wildman–Crippen MR) is 147 cm³/mol. The number of hydrogen-bond donors (Lipinski definition) is 4. The largest absolute Gasteiger partial charge is 0.392 e. The minimum absolute atomic E-state index is 0.0468. The average molecular weight is 505 g/mol. The van der Waals surface area contributed by atoms with Crippen LogP contribution in [-0.2, 0) is 26.4 Å². The second-order valence-electron chi connectivity index (χ2n) is 9.04. The van der Waals surface area contributed by atoms with E-state index < -0.39 is 0 Å². The van der Waals surface area contributed by atoms with Gasteiger partial charge in [0.05, 0.1) is 37.8 Å². The summed E-state index contributed by atoms with van der Waals surface area (Å²) in [5.74, 6) is 0.535. The van der Waals surface area contributed by atoms with E-state index in [4.69, 9.17) is 9.97 Å². The van der Waals surface area contributed by atoms with Crippen molar-refractivity contribution < 1.29 is 20.4 Å². The topological polar surface area (TPSA) is 107 Å². The number of nitrogens with zero attached hydrogens (tertiary/aromatic N) is 2. The highest BCUT2D eigenvalue weighted by Gasteiger charge is 2.20. The maximum absolute atomic E-state index is 9.58. The van der Waals surface area contributed by atoms with Crippen LogP contribution in [0, 0.1) is 0 Å². The molecule has 0 bridgehead atoms. The highest BCUT2D eigenvalue weighted by molar-refractivity contribution is 5.92. The van der Waals surface area contributed by atoms with Crippen molar-refractivity contribution >= 4 is 0 Å². The number of benzene rings is 4. The molecular formula is C32H28N2O4. The Labute approximate surface area is 221 Å². The molecule has 0 aliphatic heterocycles. The molecule has 0 aliphatic carbocycles. The van der Waals surface area contributed by atoms with E-state index in [9.17, 15) is 20.4 Å². The van der Waals surface area contributed by atoms with E-state index in [0.717, 1.165) is 61.5 Å². The van der Waals surface area contributed by atoms with Gasteiger partial charge in [-0.15, -0.1) is 0 Å². The molecule has 6 nitrogen and oxygen atoms in total. The fourth-order valence-electron chi connectivity index (χ4n) is 4.35. The lowest BCUT2D eigenvalue weighted by molar-refractivity contribution is 0.281. The van der Waals surface area contributed by atoms with E-state index in [1.807, 2.05) is 97.1 Å². The predicted octanol–water partition coefficient (Wildman–Crippen LogP) is 5.11. The number of aliphatic hydroxyl groups excluding tert-OH is 4. The van der Waals surface area contributed by atoms with Gasteiger partial charge in [-0.25, -0.2) is 9.97 Å². The van der Waals surface area contributed by atoms with Crippen molar-refractivity contribution in [1.82, 2.24) is 9.97 Å². The van der Waals surface area contributed by atoms with E-state index in [-0.39, 0.29) is 26.4 Å². The quantitative estimate of drug-likeness (QED) is 0.234. The number of aromatic nitrogens is 2. The van der Waals surface area contributed by atoms with Crippen LogP contribution in [0.15, 0.2) is 97.1 Å². The van der Waals surface area contributed by atoms with Gasteiger partial charge in [0.15, 0.2) is 5.82 Å². The molecular weight excluding hydrogens is 476 g/mol. The maximum atomic E-state index is 9.58. The molecule has 4 N–H and O–H groups in total. The minimum atomic E-state index is -0.0511. The van der Waals surface area contributed by atoms with Gasteiger partial charge in [0.25, 0.3) is 0 Å². The lowest BCUT2D eigenvalue weighted by atomic mass is 9.93. The van der Waals surface area contributed by atoms with Gasteiger partial charge in [-0.1, -0.05) is 97.1 Å². The normalized spacial score (nSPS) is 11.1. The summed E-state index contributed by atoms with van der Waals surface area (Å²) >= 11 is 0. The first-order chi connectivity index (χ1) is 18.6. The van der Waals surface area contributed by atoms with Crippen LogP contribution >= 0.6 is 0 Å². The third kappa shape index (κ3) is 5.25. The van der Waals surface area contributed by atoms with Crippen LogP contribution in [0.1, 0.15) is 22.3 Å². The standard InChI is InChI=1S/C32H28N2O4/c35-17-21-1-9-25(10-2-21)29-30(26-11-3-22(18-36)4-12-26)33-32(28-15-7-24(20-38)8-16-28)34-31(29)27-13-5-23(19-37)6-14-27/h1-16,35-38H,17-20H2. The smallest absolute Gasteiger partial charge is 0.160 e. The monoisotopic (exact) mass is 504 g/mol. The Bertz CT molecular complexity index is 1440. The molecule has 0 radical (unpaired) electrons. The number of aliphatic hydroxyl groups is 4. The summed E-state index contributed by atoms with van der Waals surface area (Å²) < 4.78 is 0. The maximum Gasteiger partial charge on any atom is 0.160 e. The van der Waals surface area contributed by atoms with E-state index in [0.29, 0.717) is 5.82 Å². The Kier molecular flexibility index (Phi) is 7.67. The van der Waals surface area contributed by atoms with Crippen LogP contribution in [0.25, 0.3) is 45.0 Å². The molecule has 1 heterocycles. The highest BCUT2D eigenvalue weighted by Crippen LogP contribution is 2.40. The summed E-state index contributed by atoms with van der Waals surface area (Å²) in [7, 11) is 0. The molecule has 0 saturated heterocycles. The third-order valence-electron chi connectivity index (χ3n) is 6.55. The molecule has 4 aromatic carbocycles. The zero-order chi connectivity index (χ0) is 26.5. The van der Waals surface area contributed by atoms with Crippen LogP contribution < -0.4 is 0 Å². The van der Waals surface area contributed by atoms with E-state index >= 15 is 0 Å². The molecule has 0 saturated carbocycles. The Balaban J connectivity index is 1.81. The van der Waals surface area contributed by atoms with Crippen molar-refractivity contribution in [1.29, 1.82) is 0 Å². The SMILES string of the molecule is OCc1ccc(-c2nc(-c3ccc(CO)cc3)c(-c3ccc(CO)cc3)c(-c3ccc(CO)cc3)n2)cc1. The molecule has 0 fully saturated rings. The van der Waals surface area contributed by atoms with Crippen LogP contribution in [-0.4, -0.2) is 30.4 Å².